The van der Waals surface area contributed by atoms with Crippen molar-refractivity contribution in [1.29, 1.82) is 0 Å². The van der Waals surface area contributed by atoms with Gasteiger partial charge in [-0.3, -0.25) is 14.4 Å². The van der Waals surface area contributed by atoms with Crippen molar-refractivity contribution in [2.45, 2.75) is 167 Å². The molecule has 1 rings (SSSR count). The summed E-state index contributed by atoms with van der Waals surface area (Å²) in [7, 11) is 0. The molecular formula is C36H64O9. The van der Waals surface area contributed by atoms with E-state index >= 15 is 0 Å². The average Bonchev–Trinajstić information content (AvgIpc) is 3.26. The van der Waals surface area contributed by atoms with Crippen LogP contribution < -0.4 is 0 Å². The van der Waals surface area contributed by atoms with E-state index in [-0.39, 0.29) is 56.6 Å². The maximum atomic E-state index is 12.6. The van der Waals surface area contributed by atoms with Crippen LogP contribution in [0.2, 0.25) is 0 Å². The Hall–Kier alpha value is -1.81. The fourth-order valence-corrected chi connectivity index (χ4v) is 5.85. The highest BCUT2D eigenvalue weighted by Gasteiger charge is 2.41. The topological polar surface area (TPSA) is 151 Å². The van der Waals surface area contributed by atoms with Crippen molar-refractivity contribution in [1.82, 2.24) is 0 Å². The lowest BCUT2D eigenvalue weighted by Crippen LogP contribution is -2.25. The monoisotopic (exact) mass is 640 g/mol. The molecule has 0 heterocycles. The summed E-state index contributed by atoms with van der Waals surface area (Å²) in [4.78, 5) is 36.6. The van der Waals surface area contributed by atoms with E-state index < -0.39 is 36.3 Å². The predicted octanol–water partition coefficient (Wildman–Crippen LogP) is 5.98. The summed E-state index contributed by atoms with van der Waals surface area (Å²) in [5.41, 5.74) is 0. The van der Waals surface area contributed by atoms with E-state index in [0.29, 0.717) is 25.7 Å². The van der Waals surface area contributed by atoms with Crippen LogP contribution in [0, 0.1) is 17.8 Å². The van der Waals surface area contributed by atoms with Gasteiger partial charge in [0.1, 0.15) is 25.1 Å². The van der Waals surface area contributed by atoms with Crippen molar-refractivity contribution in [2.24, 2.45) is 17.8 Å². The Labute approximate surface area is 272 Å². The Kier molecular flexibility index (Phi) is 23.2. The first-order chi connectivity index (χ1) is 21.5. The lowest BCUT2D eigenvalue weighted by Gasteiger charge is -2.20. The van der Waals surface area contributed by atoms with Crippen molar-refractivity contribution in [3.05, 3.63) is 12.2 Å². The van der Waals surface area contributed by atoms with Gasteiger partial charge in [-0.2, -0.15) is 0 Å². The number of aliphatic hydroxyl groups is 4. The van der Waals surface area contributed by atoms with E-state index in [1.807, 2.05) is 0 Å². The van der Waals surface area contributed by atoms with Crippen molar-refractivity contribution in [3.63, 3.8) is 0 Å². The smallest absolute Gasteiger partial charge is 0.305 e. The molecule has 9 heteroatoms. The molecule has 0 spiro atoms. The fraction of sp³-hybridized carbons (Fsp3) is 0.861. The molecule has 1 saturated carbocycles. The number of rotatable bonds is 27. The van der Waals surface area contributed by atoms with Crippen LogP contribution in [-0.4, -0.2) is 75.8 Å². The molecule has 0 unspecified atom stereocenters. The number of carbonyl (C=O) groups excluding carboxylic acids is 3. The Morgan fingerprint density at radius 1 is 0.733 bits per heavy atom. The SMILES string of the molecule is CCCCC[C@H](O)/C=C/[C@@H]1[C@@H](CC(=O)CCCCC(=O)OC[C@@H](O)COC(=O)CCCCCCCCCC(C)C)[C@@H](O)C[C@H]1O. The molecule has 0 aliphatic heterocycles. The van der Waals surface area contributed by atoms with E-state index in [1.54, 1.807) is 12.2 Å². The van der Waals surface area contributed by atoms with Crippen LogP contribution in [0.1, 0.15) is 143 Å². The molecule has 4 N–H and O–H groups in total. The van der Waals surface area contributed by atoms with Crippen molar-refractivity contribution in [3.8, 4) is 0 Å². The molecule has 0 radical (unpaired) electrons. The van der Waals surface area contributed by atoms with Gasteiger partial charge in [-0.05, 0) is 31.6 Å². The van der Waals surface area contributed by atoms with Gasteiger partial charge in [-0.1, -0.05) is 97.1 Å². The number of aliphatic hydroxyl groups excluding tert-OH is 4. The molecule has 1 fully saturated rings. The van der Waals surface area contributed by atoms with E-state index in [0.717, 1.165) is 44.4 Å². The molecule has 0 bridgehead atoms. The van der Waals surface area contributed by atoms with E-state index in [1.165, 1.54) is 32.1 Å². The van der Waals surface area contributed by atoms with Gasteiger partial charge in [0.25, 0.3) is 0 Å². The van der Waals surface area contributed by atoms with E-state index in [2.05, 4.69) is 20.8 Å². The van der Waals surface area contributed by atoms with Crippen molar-refractivity contribution in [2.75, 3.05) is 13.2 Å². The molecule has 1 aliphatic rings. The molecule has 0 aromatic rings. The van der Waals surface area contributed by atoms with Crippen LogP contribution in [-0.2, 0) is 23.9 Å². The summed E-state index contributed by atoms with van der Waals surface area (Å²) in [5, 5.41) is 41.0. The quantitative estimate of drug-likeness (QED) is 0.0483. The van der Waals surface area contributed by atoms with Gasteiger partial charge in [0.15, 0.2) is 0 Å². The van der Waals surface area contributed by atoms with Gasteiger partial charge in [-0.15, -0.1) is 0 Å². The summed E-state index contributed by atoms with van der Waals surface area (Å²) in [6.07, 6.45) is 14.9. The Morgan fingerprint density at radius 2 is 1.27 bits per heavy atom. The second-order valence-electron chi connectivity index (χ2n) is 13.4. The third kappa shape index (κ3) is 20.8. The van der Waals surface area contributed by atoms with E-state index in [4.69, 9.17) is 9.47 Å². The lowest BCUT2D eigenvalue weighted by atomic mass is 9.87. The number of ether oxygens (including phenoxy) is 2. The van der Waals surface area contributed by atoms with Gasteiger partial charge in [0.05, 0.1) is 18.3 Å². The van der Waals surface area contributed by atoms with Gasteiger partial charge >= 0.3 is 11.9 Å². The van der Waals surface area contributed by atoms with Crippen LogP contribution >= 0.6 is 0 Å². The van der Waals surface area contributed by atoms with Crippen molar-refractivity contribution >= 4 is 17.7 Å². The summed E-state index contributed by atoms with van der Waals surface area (Å²) < 4.78 is 10.2. The molecule has 6 atom stereocenters. The van der Waals surface area contributed by atoms with Crippen LogP contribution in [0.5, 0.6) is 0 Å². The fourth-order valence-electron chi connectivity index (χ4n) is 5.85. The second kappa shape index (κ2) is 25.3. The minimum atomic E-state index is -1.09. The molecular weight excluding hydrogens is 576 g/mol. The molecule has 0 amide bonds. The Morgan fingerprint density at radius 3 is 1.87 bits per heavy atom. The molecule has 0 saturated heterocycles. The largest absolute Gasteiger partial charge is 0.463 e. The first-order valence-corrected chi connectivity index (χ1v) is 17.8. The summed E-state index contributed by atoms with van der Waals surface area (Å²) in [5.74, 6) is -0.913. The highest BCUT2D eigenvalue weighted by molar-refractivity contribution is 5.79. The normalized spacial score (nSPS) is 21.3. The Balaban J connectivity index is 2.14. The lowest BCUT2D eigenvalue weighted by molar-refractivity contribution is -0.152. The highest BCUT2D eigenvalue weighted by Crippen LogP contribution is 2.36. The molecule has 1 aliphatic carbocycles. The average molecular weight is 641 g/mol. The van der Waals surface area contributed by atoms with Gasteiger partial charge in [-0.25, -0.2) is 0 Å². The van der Waals surface area contributed by atoms with Crippen LogP contribution in [0.15, 0.2) is 12.2 Å². The first kappa shape index (κ1) is 41.2. The number of carbonyl (C=O) groups is 3. The number of esters is 2. The van der Waals surface area contributed by atoms with Crippen molar-refractivity contribution < 1.29 is 44.3 Å². The highest BCUT2D eigenvalue weighted by atomic mass is 16.6. The zero-order valence-corrected chi connectivity index (χ0v) is 28.4. The maximum absolute atomic E-state index is 12.6. The molecule has 0 aromatic heterocycles. The summed E-state index contributed by atoms with van der Waals surface area (Å²) in [6.45, 7) is 6.12. The number of hydrogen-bond donors (Lipinski definition) is 4. The second-order valence-corrected chi connectivity index (χ2v) is 13.4. The zero-order valence-electron chi connectivity index (χ0n) is 28.4. The third-order valence-corrected chi connectivity index (χ3v) is 8.66. The van der Waals surface area contributed by atoms with Gasteiger partial charge in [0.2, 0.25) is 0 Å². The van der Waals surface area contributed by atoms with Gasteiger partial charge in [0, 0.05) is 43.9 Å². The third-order valence-electron chi connectivity index (χ3n) is 8.66. The minimum absolute atomic E-state index is 0.0437. The first-order valence-electron chi connectivity index (χ1n) is 17.8. The van der Waals surface area contributed by atoms with Crippen LogP contribution in [0.4, 0.5) is 0 Å². The van der Waals surface area contributed by atoms with Gasteiger partial charge < -0.3 is 29.9 Å². The minimum Gasteiger partial charge on any atom is -0.463 e. The van der Waals surface area contributed by atoms with Crippen LogP contribution in [0.3, 0.4) is 0 Å². The molecule has 0 aromatic carbocycles. The number of ketones is 1. The zero-order chi connectivity index (χ0) is 33.5. The van der Waals surface area contributed by atoms with Crippen LogP contribution in [0.25, 0.3) is 0 Å². The number of Topliss-reactive ketones (excluding diaryl/α,β-unsaturated/α-hetero) is 1. The summed E-state index contributed by atoms with van der Waals surface area (Å²) in [6, 6.07) is 0. The number of hydrogen-bond acceptors (Lipinski definition) is 9. The predicted molar refractivity (Wildman–Crippen MR) is 175 cm³/mol. The standard InChI is InChI=1S/C36H64O9/c1-4-5-11-17-28(37)21-22-31-32(34(41)24-33(31)40)23-29(38)18-14-15-20-36(43)45-26-30(39)25-44-35(42)19-13-10-8-6-7-9-12-16-27(2)3/h21-22,27-28,30-34,37,39-41H,4-20,23-26H2,1-3H3/b22-21+/t28-,30-,31+,32+,33+,34-/m0/s1. The molecule has 45 heavy (non-hydrogen) atoms. The van der Waals surface area contributed by atoms with E-state index in [9.17, 15) is 34.8 Å². The summed E-state index contributed by atoms with van der Waals surface area (Å²) >= 11 is 0. The Bertz CT molecular complexity index is 827. The molecule has 9 nitrogen and oxygen atoms in total. The maximum Gasteiger partial charge on any atom is 0.305 e. The molecule has 262 valence electrons. The number of unbranched alkanes of at least 4 members (excludes halogenated alkanes) is 9.